The van der Waals surface area contributed by atoms with Gasteiger partial charge in [-0.1, -0.05) is 12.6 Å². The van der Waals surface area contributed by atoms with Crippen LogP contribution >= 0.6 is 0 Å². The second-order valence-corrected chi connectivity index (χ2v) is 3.67. The fraction of sp³-hybridized carbons (Fsp3) is 0.286. The van der Waals surface area contributed by atoms with E-state index in [9.17, 15) is 9.59 Å². The van der Waals surface area contributed by atoms with Gasteiger partial charge in [-0.3, -0.25) is 0 Å². The number of esters is 1. The molecular formula is C14H16O6. The zero-order valence-corrected chi connectivity index (χ0v) is 10.9. The SMILES string of the molecule is C=CC(=O)OCCOCCOc1cccc(C(=O)O)c1. The molecule has 0 atom stereocenters. The Morgan fingerprint density at radius 3 is 2.65 bits per heavy atom. The second kappa shape index (κ2) is 8.71. The van der Waals surface area contributed by atoms with Crippen molar-refractivity contribution < 1.29 is 28.9 Å². The van der Waals surface area contributed by atoms with Crippen molar-refractivity contribution in [3.05, 3.63) is 42.5 Å². The maximum atomic E-state index is 10.8. The number of ether oxygens (including phenoxy) is 3. The fourth-order valence-electron chi connectivity index (χ4n) is 1.30. The van der Waals surface area contributed by atoms with Gasteiger partial charge in [-0.15, -0.1) is 0 Å². The lowest BCUT2D eigenvalue weighted by atomic mass is 10.2. The van der Waals surface area contributed by atoms with Crippen molar-refractivity contribution in [2.75, 3.05) is 26.4 Å². The van der Waals surface area contributed by atoms with Crippen LogP contribution < -0.4 is 4.74 Å². The highest BCUT2D eigenvalue weighted by Crippen LogP contribution is 2.12. The number of carbonyl (C=O) groups is 2. The summed E-state index contributed by atoms with van der Waals surface area (Å²) in [5.41, 5.74) is 0.166. The predicted octanol–water partition coefficient (Wildman–Crippen LogP) is 1.51. The molecule has 1 aromatic carbocycles. The molecule has 6 nitrogen and oxygen atoms in total. The van der Waals surface area contributed by atoms with E-state index in [1.807, 2.05) is 0 Å². The zero-order valence-electron chi connectivity index (χ0n) is 10.9. The summed E-state index contributed by atoms with van der Waals surface area (Å²) in [7, 11) is 0. The van der Waals surface area contributed by atoms with E-state index in [1.165, 1.54) is 12.1 Å². The van der Waals surface area contributed by atoms with E-state index >= 15 is 0 Å². The molecule has 108 valence electrons. The van der Waals surface area contributed by atoms with Gasteiger partial charge in [0.25, 0.3) is 0 Å². The van der Waals surface area contributed by atoms with Gasteiger partial charge >= 0.3 is 11.9 Å². The highest BCUT2D eigenvalue weighted by Gasteiger charge is 2.03. The van der Waals surface area contributed by atoms with Crippen molar-refractivity contribution in [2.45, 2.75) is 0 Å². The van der Waals surface area contributed by atoms with E-state index in [0.29, 0.717) is 12.4 Å². The van der Waals surface area contributed by atoms with E-state index in [1.54, 1.807) is 12.1 Å². The first-order chi connectivity index (χ1) is 9.63. The smallest absolute Gasteiger partial charge is 0.335 e. The van der Waals surface area contributed by atoms with Crippen molar-refractivity contribution in [1.29, 1.82) is 0 Å². The van der Waals surface area contributed by atoms with E-state index in [2.05, 4.69) is 6.58 Å². The number of carbonyl (C=O) groups excluding carboxylic acids is 1. The van der Waals surface area contributed by atoms with Crippen LogP contribution in [-0.2, 0) is 14.3 Å². The normalized spacial score (nSPS) is 9.80. The summed E-state index contributed by atoms with van der Waals surface area (Å²) in [6.45, 7) is 4.26. The highest BCUT2D eigenvalue weighted by atomic mass is 16.6. The highest BCUT2D eigenvalue weighted by molar-refractivity contribution is 5.88. The Hall–Kier alpha value is -2.34. The largest absolute Gasteiger partial charge is 0.491 e. The molecule has 0 unspecified atom stereocenters. The second-order valence-electron chi connectivity index (χ2n) is 3.67. The Labute approximate surface area is 116 Å². The number of hydrogen-bond acceptors (Lipinski definition) is 5. The molecule has 1 rings (SSSR count). The van der Waals surface area contributed by atoms with Crippen molar-refractivity contribution in [3.63, 3.8) is 0 Å². The van der Waals surface area contributed by atoms with Gasteiger partial charge in [0.1, 0.15) is 19.0 Å². The third kappa shape index (κ3) is 6.01. The third-order valence-electron chi connectivity index (χ3n) is 2.22. The topological polar surface area (TPSA) is 82.1 Å². The number of carboxylic acid groups (broad SMARTS) is 1. The van der Waals surface area contributed by atoms with Crippen LogP contribution in [0.2, 0.25) is 0 Å². The van der Waals surface area contributed by atoms with Crippen molar-refractivity contribution in [3.8, 4) is 5.75 Å². The molecule has 0 aromatic heterocycles. The van der Waals surface area contributed by atoms with Gasteiger partial charge in [-0.05, 0) is 18.2 Å². The van der Waals surface area contributed by atoms with Crippen molar-refractivity contribution >= 4 is 11.9 Å². The Bertz CT molecular complexity index is 468. The van der Waals surface area contributed by atoms with Gasteiger partial charge in [-0.2, -0.15) is 0 Å². The minimum atomic E-state index is -1.00. The van der Waals surface area contributed by atoms with E-state index in [4.69, 9.17) is 19.3 Å². The molecule has 0 spiro atoms. The molecule has 1 N–H and O–H groups in total. The lowest BCUT2D eigenvalue weighted by Crippen LogP contribution is -2.12. The van der Waals surface area contributed by atoms with Gasteiger partial charge in [0.05, 0.1) is 18.8 Å². The average molecular weight is 280 g/mol. The first kappa shape index (κ1) is 15.7. The summed E-state index contributed by atoms with van der Waals surface area (Å²) < 4.78 is 15.2. The molecule has 0 fully saturated rings. The number of rotatable bonds is 9. The zero-order chi connectivity index (χ0) is 14.8. The Morgan fingerprint density at radius 1 is 1.20 bits per heavy atom. The molecule has 0 aliphatic carbocycles. The van der Waals surface area contributed by atoms with E-state index in [0.717, 1.165) is 6.08 Å². The molecule has 0 amide bonds. The van der Waals surface area contributed by atoms with Gasteiger partial charge in [0.15, 0.2) is 0 Å². The third-order valence-corrected chi connectivity index (χ3v) is 2.22. The Morgan fingerprint density at radius 2 is 1.95 bits per heavy atom. The molecule has 0 aliphatic heterocycles. The standard InChI is InChI=1S/C14H16O6/c1-2-13(15)20-9-7-18-6-8-19-12-5-3-4-11(10-12)14(16)17/h2-5,10H,1,6-9H2,(H,16,17). The van der Waals surface area contributed by atoms with Gasteiger partial charge in [0, 0.05) is 6.08 Å². The van der Waals surface area contributed by atoms with Crippen LogP contribution in [0.5, 0.6) is 5.75 Å². The van der Waals surface area contributed by atoms with Crippen LogP contribution in [0.15, 0.2) is 36.9 Å². The van der Waals surface area contributed by atoms with Gasteiger partial charge < -0.3 is 19.3 Å². The van der Waals surface area contributed by atoms with Crippen LogP contribution in [0.25, 0.3) is 0 Å². The minimum Gasteiger partial charge on any atom is -0.491 e. The van der Waals surface area contributed by atoms with Gasteiger partial charge in [-0.25, -0.2) is 9.59 Å². The Balaban J connectivity index is 2.15. The maximum Gasteiger partial charge on any atom is 0.335 e. The van der Waals surface area contributed by atoms with Crippen LogP contribution in [0.4, 0.5) is 0 Å². The molecule has 0 aliphatic rings. The van der Waals surface area contributed by atoms with Crippen LogP contribution in [0, 0.1) is 0 Å². The minimum absolute atomic E-state index is 0.152. The van der Waals surface area contributed by atoms with E-state index in [-0.39, 0.29) is 25.4 Å². The summed E-state index contributed by atoms with van der Waals surface area (Å²) in [6, 6.07) is 6.19. The summed E-state index contributed by atoms with van der Waals surface area (Å²) in [6.07, 6.45) is 1.08. The molecular weight excluding hydrogens is 264 g/mol. The first-order valence-corrected chi connectivity index (χ1v) is 5.96. The molecule has 0 bridgehead atoms. The molecule has 0 saturated carbocycles. The van der Waals surface area contributed by atoms with Crippen LogP contribution in [0.1, 0.15) is 10.4 Å². The first-order valence-electron chi connectivity index (χ1n) is 5.96. The summed E-state index contributed by atoms with van der Waals surface area (Å²) in [4.78, 5) is 21.5. The number of carboxylic acids is 1. The monoisotopic (exact) mass is 280 g/mol. The molecule has 0 heterocycles. The molecule has 6 heteroatoms. The van der Waals surface area contributed by atoms with Crippen LogP contribution in [0.3, 0.4) is 0 Å². The number of benzene rings is 1. The van der Waals surface area contributed by atoms with Crippen LogP contribution in [-0.4, -0.2) is 43.5 Å². The molecule has 1 aromatic rings. The van der Waals surface area contributed by atoms with Crippen molar-refractivity contribution in [2.24, 2.45) is 0 Å². The summed E-state index contributed by atoms with van der Waals surface area (Å²) >= 11 is 0. The lowest BCUT2D eigenvalue weighted by Gasteiger charge is -2.07. The molecule has 0 saturated heterocycles. The number of hydrogen-bond donors (Lipinski definition) is 1. The van der Waals surface area contributed by atoms with Gasteiger partial charge in [0.2, 0.25) is 0 Å². The average Bonchev–Trinajstić information content (AvgIpc) is 2.46. The Kier molecular flexibility index (Phi) is 6.84. The van der Waals surface area contributed by atoms with E-state index < -0.39 is 11.9 Å². The molecule has 0 radical (unpaired) electrons. The molecule has 20 heavy (non-hydrogen) atoms. The summed E-state index contributed by atoms with van der Waals surface area (Å²) in [5.74, 6) is -1.03. The fourth-order valence-corrected chi connectivity index (χ4v) is 1.30. The summed E-state index contributed by atoms with van der Waals surface area (Å²) in [5, 5.41) is 8.81. The lowest BCUT2D eigenvalue weighted by molar-refractivity contribution is -0.139. The number of aromatic carboxylic acids is 1. The van der Waals surface area contributed by atoms with Crippen molar-refractivity contribution in [1.82, 2.24) is 0 Å². The quantitative estimate of drug-likeness (QED) is 0.419. The predicted molar refractivity (Wildman–Crippen MR) is 70.9 cm³/mol. The maximum absolute atomic E-state index is 10.8.